The van der Waals surface area contributed by atoms with Gasteiger partial charge in [-0.3, -0.25) is 9.59 Å². The highest BCUT2D eigenvalue weighted by Gasteiger charge is 2.36. The van der Waals surface area contributed by atoms with Gasteiger partial charge in [-0.05, 0) is 12.1 Å². The molecule has 0 fully saturated rings. The molecule has 1 amide bonds. The van der Waals surface area contributed by atoms with Crippen molar-refractivity contribution in [2.24, 2.45) is 0 Å². The standard InChI is InChI=1S/C13H15ClN2O2/c1-8(2)15-6-7-16-11-9(12(17)13(16)18)4-3-5-10(11)14/h3-5,8,15H,6-7H2,1-2H3. The zero-order valence-electron chi connectivity index (χ0n) is 10.4. The summed E-state index contributed by atoms with van der Waals surface area (Å²) >= 11 is 6.07. The van der Waals surface area contributed by atoms with Gasteiger partial charge in [0.2, 0.25) is 0 Å². The Morgan fingerprint density at radius 1 is 1.33 bits per heavy atom. The Kier molecular flexibility index (Phi) is 3.68. The van der Waals surface area contributed by atoms with E-state index < -0.39 is 11.7 Å². The third-order valence-corrected chi connectivity index (χ3v) is 3.13. The number of carbonyl (C=O) groups excluding carboxylic acids is 2. The highest BCUT2D eigenvalue weighted by atomic mass is 35.5. The maximum absolute atomic E-state index is 11.9. The van der Waals surface area contributed by atoms with Crippen molar-refractivity contribution in [3.05, 3.63) is 28.8 Å². The number of hydrogen-bond acceptors (Lipinski definition) is 3. The van der Waals surface area contributed by atoms with Crippen LogP contribution in [-0.4, -0.2) is 30.8 Å². The van der Waals surface area contributed by atoms with Crippen LogP contribution >= 0.6 is 11.6 Å². The highest BCUT2D eigenvalue weighted by Crippen LogP contribution is 2.35. The molecule has 0 aliphatic carbocycles. The Morgan fingerprint density at radius 2 is 2.06 bits per heavy atom. The van der Waals surface area contributed by atoms with Gasteiger partial charge in [-0.15, -0.1) is 0 Å². The number of fused-ring (bicyclic) bond motifs is 1. The van der Waals surface area contributed by atoms with E-state index in [1.54, 1.807) is 18.2 Å². The van der Waals surface area contributed by atoms with E-state index in [0.717, 1.165) is 0 Å². The number of nitrogens with one attached hydrogen (secondary N) is 1. The number of Topliss-reactive ketones (excluding diaryl/α,β-unsaturated/α-hetero) is 1. The van der Waals surface area contributed by atoms with E-state index >= 15 is 0 Å². The van der Waals surface area contributed by atoms with E-state index in [1.165, 1.54) is 4.90 Å². The fraction of sp³-hybridized carbons (Fsp3) is 0.385. The average molecular weight is 267 g/mol. The summed E-state index contributed by atoms with van der Waals surface area (Å²) in [5, 5.41) is 3.65. The summed E-state index contributed by atoms with van der Waals surface area (Å²) in [4.78, 5) is 25.1. The summed E-state index contributed by atoms with van der Waals surface area (Å²) in [6.07, 6.45) is 0. The zero-order chi connectivity index (χ0) is 13.3. The summed E-state index contributed by atoms with van der Waals surface area (Å²) in [5.74, 6) is -0.972. The number of para-hydroxylation sites is 1. The molecule has 96 valence electrons. The molecule has 5 heteroatoms. The van der Waals surface area contributed by atoms with Crippen LogP contribution in [0.4, 0.5) is 5.69 Å². The van der Waals surface area contributed by atoms with Crippen LogP contribution in [-0.2, 0) is 4.79 Å². The third-order valence-electron chi connectivity index (χ3n) is 2.83. The van der Waals surface area contributed by atoms with Crippen molar-refractivity contribution in [2.45, 2.75) is 19.9 Å². The largest absolute Gasteiger partial charge is 0.313 e. The molecule has 0 bridgehead atoms. The molecule has 1 aliphatic rings. The minimum atomic E-state index is -0.497. The molecule has 1 aromatic carbocycles. The maximum Gasteiger partial charge on any atom is 0.299 e. The van der Waals surface area contributed by atoms with Crippen molar-refractivity contribution < 1.29 is 9.59 Å². The van der Waals surface area contributed by atoms with Crippen LogP contribution in [0.5, 0.6) is 0 Å². The van der Waals surface area contributed by atoms with Gasteiger partial charge in [0.15, 0.2) is 0 Å². The number of amides is 1. The molecule has 18 heavy (non-hydrogen) atoms. The predicted octanol–water partition coefficient (Wildman–Crippen LogP) is 1.87. The Balaban J connectivity index is 2.23. The monoisotopic (exact) mass is 266 g/mol. The van der Waals surface area contributed by atoms with Gasteiger partial charge in [-0.2, -0.15) is 0 Å². The maximum atomic E-state index is 11.9. The van der Waals surface area contributed by atoms with Crippen molar-refractivity contribution in [3.63, 3.8) is 0 Å². The number of carbonyl (C=O) groups is 2. The molecule has 0 saturated heterocycles. The third kappa shape index (κ3) is 2.26. The van der Waals surface area contributed by atoms with Crippen LogP contribution in [0.25, 0.3) is 0 Å². The fourth-order valence-electron chi connectivity index (χ4n) is 1.99. The van der Waals surface area contributed by atoms with Crippen LogP contribution in [0.1, 0.15) is 24.2 Å². The minimum Gasteiger partial charge on any atom is -0.313 e. The Bertz CT molecular complexity index is 500. The molecule has 0 aromatic heterocycles. The molecule has 0 spiro atoms. The van der Waals surface area contributed by atoms with Gasteiger partial charge in [0.05, 0.1) is 16.3 Å². The normalized spacial score (nSPS) is 14.6. The minimum absolute atomic E-state index is 0.337. The van der Waals surface area contributed by atoms with Crippen LogP contribution in [0, 0.1) is 0 Å². The van der Waals surface area contributed by atoms with Gasteiger partial charge >= 0.3 is 0 Å². The summed E-state index contributed by atoms with van der Waals surface area (Å²) in [7, 11) is 0. The lowest BCUT2D eigenvalue weighted by molar-refractivity contribution is -0.114. The lowest BCUT2D eigenvalue weighted by atomic mass is 10.1. The van der Waals surface area contributed by atoms with Gasteiger partial charge in [0.25, 0.3) is 11.7 Å². The Morgan fingerprint density at radius 3 is 2.72 bits per heavy atom. The molecule has 1 aromatic rings. The average Bonchev–Trinajstić information content (AvgIpc) is 2.55. The van der Waals surface area contributed by atoms with E-state index in [1.807, 2.05) is 13.8 Å². The Hall–Kier alpha value is -1.39. The van der Waals surface area contributed by atoms with Crippen LogP contribution in [0.2, 0.25) is 5.02 Å². The van der Waals surface area contributed by atoms with Crippen molar-refractivity contribution in [1.29, 1.82) is 0 Å². The summed E-state index contributed by atoms with van der Waals surface area (Å²) < 4.78 is 0. The lowest BCUT2D eigenvalue weighted by Crippen LogP contribution is -2.38. The first-order chi connectivity index (χ1) is 8.52. The van der Waals surface area contributed by atoms with Gasteiger partial charge in [0.1, 0.15) is 0 Å². The quantitative estimate of drug-likeness (QED) is 0.847. The SMILES string of the molecule is CC(C)NCCN1C(=O)C(=O)c2cccc(Cl)c21. The summed E-state index contributed by atoms with van der Waals surface area (Å²) in [6, 6.07) is 5.35. The highest BCUT2D eigenvalue weighted by molar-refractivity contribution is 6.54. The number of rotatable bonds is 4. The molecule has 1 heterocycles. The van der Waals surface area contributed by atoms with E-state index in [4.69, 9.17) is 11.6 Å². The summed E-state index contributed by atoms with van der Waals surface area (Å²) in [5.41, 5.74) is 0.941. The number of nitrogens with zero attached hydrogens (tertiary/aromatic N) is 1. The molecular formula is C13H15ClN2O2. The molecule has 0 saturated carbocycles. The van der Waals surface area contributed by atoms with Gasteiger partial charge in [-0.25, -0.2) is 0 Å². The molecule has 0 radical (unpaired) electrons. The first kappa shape index (κ1) is 13.1. The van der Waals surface area contributed by atoms with Crippen LogP contribution in [0.3, 0.4) is 0 Å². The van der Waals surface area contributed by atoms with Crippen molar-refractivity contribution in [3.8, 4) is 0 Å². The Labute approximate surface area is 111 Å². The molecule has 0 unspecified atom stereocenters. The van der Waals surface area contributed by atoms with Gasteiger partial charge in [-0.1, -0.05) is 31.5 Å². The molecule has 4 nitrogen and oxygen atoms in total. The van der Waals surface area contributed by atoms with Crippen molar-refractivity contribution in [2.75, 3.05) is 18.0 Å². The number of hydrogen-bond donors (Lipinski definition) is 1. The second kappa shape index (κ2) is 5.08. The van der Waals surface area contributed by atoms with Crippen molar-refractivity contribution >= 4 is 29.0 Å². The molecule has 2 rings (SSSR count). The van der Waals surface area contributed by atoms with E-state index in [0.29, 0.717) is 35.4 Å². The fourth-order valence-corrected chi connectivity index (χ4v) is 2.27. The number of benzene rings is 1. The summed E-state index contributed by atoms with van der Waals surface area (Å²) in [6.45, 7) is 5.12. The van der Waals surface area contributed by atoms with Gasteiger partial charge < -0.3 is 10.2 Å². The molecule has 1 N–H and O–H groups in total. The smallest absolute Gasteiger partial charge is 0.299 e. The van der Waals surface area contributed by atoms with E-state index in [2.05, 4.69) is 5.32 Å². The number of ketones is 1. The topological polar surface area (TPSA) is 49.4 Å². The zero-order valence-corrected chi connectivity index (χ0v) is 11.1. The second-order valence-corrected chi connectivity index (χ2v) is 4.94. The lowest BCUT2D eigenvalue weighted by Gasteiger charge is -2.18. The van der Waals surface area contributed by atoms with Gasteiger partial charge in [0, 0.05) is 19.1 Å². The predicted molar refractivity (Wildman–Crippen MR) is 71.3 cm³/mol. The number of halogens is 1. The molecular weight excluding hydrogens is 252 g/mol. The van der Waals surface area contributed by atoms with E-state index in [-0.39, 0.29) is 0 Å². The molecule has 1 aliphatic heterocycles. The molecule has 0 atom stereocenters. The number of anilines is 1. The van der Waals surface area contributed by atoms with Crippen LogP contribution in [0.15, 0.2) is 18.2 Å². The first-order valence-corrected chi connectivity index (χ1v) is 6.28. The van der Waals surface area contributed by atoms with Crippen molar-refractivity contribution in [1.82, 2.24) is 5.32 Å². The second-order valence-electron chi connectivity index (χ2n) is 4.53. The van der Waals surface area contributed by atoms with Crippen LogP contribution < -0.4 is 10.2 Å². The van der Waals surface area contributed by atoms with E-state index in [9.17, 15) is 9.59 Å². The first-order valence-electron chi connectivity index (χ1n) is 5.90.